The Morgan fingerprint density at radius 2 is 1.90 bits per heavy atom. The molecule has 0 radical (unpaired) electrons. The summed E-state index contributed by atoms with van der Waals surface area (Å²) in [6, 6.07) is 13.3. The van der Waals surface area contributed by atoms with E-state index in [1.165, 1.54) is 0 Å². The van der Waals surface area contributed by atoms with E-state index in [1.54, 1.807) is 46.2 Å². The summed E-state index contributed by atoms with van der Waals surface area (Å²) in [4.78, 5) is 16.5. The highest BCUT2D eigenvalue weighted by atomic mass is 16.2. The summed E-state index contributed by atoms with van der Waals surface area (Å²) in [6.07, 6.45) is 10.9. The Morgan fingerprint density at radius 1 is 1.00 bits per heavy atom. The van der Waals surface area contributed by atoms with Crippen LogP contribution in [0.15, 0.2) is 79.6 Å². The van der Waals surface area contributed by atoms with E-state index in [0.717, 1.165) is 22.5 Å². The first-order chi connectivity index (χ1) is 14.2. The van der Waals surface area contributed by atoms with E-state index in [9.17, 15) is 4.79 Å². The molecule has 0 saturated heterocycles. The minimum absolute atomic E-state index is 0.284. The number of pyridine rings is 2. The highest BCUT2D eigenvalue weighted by Gasteiger charge is 2.13. The number of anilines is 1. The van der Waals surface area contributed by atoms with Crippen LogP contribution in [0.25, 0.3) is 22.5 Å². The number of hydrogen-bond acceptors (Lipinski definition) is 4. The number of nitrogens with zero attached hydrogens (tertiary/aromatic N) is 6. The highest BCUT2D eigenvalue weighted by molar-refractivity contribution is 6.02. The van der Waals surface area contributed by atoms with Crippen molar-refractivity contribution in [2.24, 2.45) is 7.05 Å². The molecule has 0 aliphatic heterocycles. The molecule has 0 unspecified atom stereocenters. The topological polar surface area (TPSA) is 82.0 Å². The van der Waals surface area contributed by atoms with Crippen LogP contribution in [0.4, 0.5) is 5.69 Å². The highest BCUT2D eigenvalue weighted by Crippen LogP contribution is 2.22. The summed E-state index contributed by atoms with van der Waals surface area (Å²) in [6.45, 7) is 0. The van der Waals surface area contributed by atoms with Gasteiger partial charge in [-0.25, -0.2) is 4.68 Å². The number of aryl methyl sites for hydroxylation is 1. The summed E-state index contributed by atoms with van der Waals surface area (Å²) < 4.78 is 5.51. The average Bonchev–Trinajstić information content (AvgIpc) is 3.47. The number of aromatic nitrogens is 6. The van der Waals surface area contributed by atoms with Crippen molar-refractivity contribution in [3.8, 4) is 16.9 Å². The summed E-state index contributed by atoms with van der Waals surface area (Å²) in [5, 5.41) is 11.5. The van der Waals surface area contributed by atoms with Crippen molar-refractivity contribution < 1.29 is 4.79 Å². The van der Waals surface area contributed by atoms with Crippen LogP contribution in [0, 0.1) is 0 Å². The monoisotopic (exact) mass is 383 g/mol. The van der Waals surface area contributed by atoms with Gasteiger partial charge in [0.25, 0.3) is 5.91 Å². The molecule has 0 aliphatic rings. The quantitative estimate of drug-likeness (QED) is 0.517. The summed E-state index contributed by atoms with van der Waals surface area (Å²) >= 11 is 0. The number of amides is 1. The van der Waals surface area contributed by atoms with E-state index in [1.807, 2.05) is 48.2 Å². The fourth-order valence-corrected chi connectivity index (χ4v) is 3.22. The van der Waals surface area contributed by atoms with Crippen molar-refractivity contribution in [2.45, 2.75) is 0 Å². The Bertz CT molecular complexity index is 1310. The Morgan fingerprint density at radius 3 is 2.69 bits per heavy atom. The normalized spacial score (nSPS) is 11.1. The van der Waals surface area contributed by atoms with Gasteiger partial charge in [0.15, 0.2) is 5.69 Å². The van der Waals surface area contributed by atoms with E-state index in [4.69, 9.17) is 0 Å². The van der Waals surface area contributed by atoms with Gasteiger partial charge in [0.1, 0.15) is 5.82 Å². The van der Waals surface area contributed by atoms with Crippen molar-refractivity contribution in [3.63, 3.8) is 0 Å². The van der Waals surface area contributed by atoms with Crippen LogP contribution in [-0.2, 0) is 7.05 Å². The van der Waals surface area contributed by atoms with Crippen LogP contribution in [0.2, 0.25) is 0 Å². The molecule has 29 heavy (non-hydrogen) atoms. The second-order valence-corrected chi connectivity index (χ2v) is 6.65. The SMILES string of the molecule is Cn1cc(-c2ccc3ccc(-n4ccc(C(=O)Nc5cccnc5)n4)n3c2)cn1. The zero-order chi connectivity index (χ0) is 19.8. The fourth-order valence-electron chi connectivity index (χ4n) is 3.22. The van der Waals surface area contributed by atoms with E-state index in [-0.39, 0.29) is 5.91 Å². The number of carbonyl (C=O) groups excluding carboxylic acids is 1. The van der Waals surface area contributed by atoms with Gasteiger partial charge < -0.3 is 9.72 Å². The third-order valence-electron chi connectivity index (χ3n) is 4.64. The van der Waals surface area contributed by atoms with Gasteiger partial charge in [-0.2, -0.15) is 10.2 Å². The number of fused-ring (bicyclic) bond motifs is 1. The molecule has 0 aromatic carbocycles. The first kappa shape index (κ1) is 16.9. The van der Waals surface area contributed by atoms with Crippen LogP contribution in [-0.4, -0.2) is 34.9 Å². The van der Waals surface area contributed by atoms with Crippen LogP contribution >= 0.6 is 0 Å². The Labute approximate surface area is 166 Å². The molecular weight excluding hydrogens is 366 g/mol. The summed E-state index contributed by atoms with van der Waals surface area (Å²) in [7, 11) is 1.89. The number of rotatable bonds is 4. The molecule has 5 heterocycles. The van der Waals surface area contributed by atoms with E-state index in [2.05, 4.69) is 26.6 Å². The lowest BCUT2D eigenvalue weighted by molar-refractivity contribution is 0.102. The molecular formula is C21H17N7O. The average molecular weight is 383 g/mol. The molecule has 5 rings (SSSR count). The predicted molar refractivity (Wildman–Crippen MR) is 109 cm³/mol. The van der Waals surface area contributed by atoms with Gasteiger partial charge in [-0.05, 0) is 36.4 Å². The molecule has 5 aromatic heterocycles. The maximum absolute atomic E-state index is 12.5. The molecule has 1 amide bonds. The third-order valence-corrected chi connectivity index (χ3v) is 4.64. The Balaban J connectivity index is 1.47. The standard InChI is InChI=1S/C21H17N7O/c1-26-13-16(11-23-26)15-4-5-18-6-7-20(27(18)14-15)28-10-8-19(25-28)21(29)24-17-3-2-9-22-12-17/h2-14H,1H3,(H,24,29). The van der Waals surface area contributed by atoms with Gasteiger partial charge in [-0.1, -0.05) is 6.07 Å². The maximum atomic E-state index is 12.5. The maximum Gasteiger partial charge on any atom is 0.276 e. The van der Waals surface area contributed by atoms with E-state index < -0.39 is 0 Å². The molecule has 0 saturated carbocycles. The summed E-state index contributed by atoms with van der Waals surface area (Å²) in [5.41, 5.74) is 4.06. The number of carbonyl (C=O) groups is 1. The molecule has 8 nitrogen and oxygen atoms in total. The van der Waals surface area contributed by atoms with Gasteiger partial charge in [0.05, 0.1) is 18.1 Å². The van der Waals surface area contributed by atoms with Crippen LogP contribution in [0.3, 0.4) is 0 Å². The molecule has 0 spiro atoms. The van der Waals surface area contributed by atoms with Gasteiger partial charge in [0.2, 0.25) is 0 Å². The first-order valence-electron chi connectivity index (χ1n) is 9.05. The zero-order valence-corrected chi connectivity index (χ0v) is 15.6. The Hall–Kier alpha value is -4.20. The van der Waals surface area contributed by atoms with Gasteiger partial charge in [-0.15, -0.1) is 0 Å². The third kappa shape index (κ3) is 3.16. The smallest absolute Gasteiger partial charge is 0.276 e. The number of nitrogens with one attached hydrogen (secondary N) is 1. The minimum Gasteiger partial charge on any atom is -0.319 e. The molecule has 8 heteroatoms. The van der Waals surface area contributed by atoms with Gasteiger partial charge >= 0.3 is 0 Å². The van der Waals surface area contributed by atoms with Crippen molar-refractivity contribution in [3.05, 3.63) is 85.3 Å². The second-order valence-electron chi connectivity index (χ2n) is 6.65. The molecule has 1 N–H and O–H groups in total. The molecule has 0 bridgehead atoms. The van der Waals surface area contributed by atoms with Crippen molar-refractivity contribution in [1.29, 1.82) is 0 Å². The lowest BCUT2D eigenvalue weighted by Gasteiger charge is -2.06. The Kier molecular flexibility index (Phi) is 3.94. The molecule has 142 valence electrons. The van der Waals surface area contributed by atoms with Gasteiger partial charge in [-0.3, -0.25) is 14.5 Å². The molecule has 0 fully saturated rings. The molecule has 5 aromatic rings. The van der Waals surface area contributed by atoms with E-state index in [0.29, 0.717) is 11.4 Å². The largest absolute Gasteiger partial charge is 0.319 e. The number of hydrogen-bond donors (Lipinski definition) is 1. The van der Waals surface area contributed by atoms with Crippen molar-refractivity contribution in [2.75, 3.05) is 5.32 Å². The molecule has 0 aliphatic carbocycles. The zero-order valence-electron chi connectivity index (χ0n) is 15.6. The lowest BCUT2D eigenvalue weighted by atomic mass is 10.1. The predicted octanol–water partition coefficient (Wildman–Crippen LogP) is 3.17. The van der Waals surface area contributed by atoms with Gasteiger partial charge in [0, 0.05) is 48.5 Å². The second kappa shape index (κ2) is 6.75. The van der Waals surface area contributed by atoms with Crippen molar-refractivity contribution in [1.82, 2.24) is 28.9 Å². The first-order valence-corrected chi connectivity index (χ1v) is 9.05. The van der Waals surface area contributed by atoms with Crippen LogP contribution in [0.1, 0.15) is 10.5 Å². The van der Waals surface area contributed by atoms with Crippen molar-refractivity contribution >= 4 is 17.1 Å². The lowest BCUT2D eigenvalue weighted by Crippen LogP contribution is -2.13. The van der Waals surface area contributed by atoms with E-state index >= 15 is 0 Å². The fraction of sp³-hybridized carbons (Fsp3) is 0.0476. The van der Waals surface area contributed by atoms with Crippen LogP contribution < -0.4 is 5.32 Å². The van der Waals surface area contributed by atoms with Crippen LogP contribution in [0.5, 0.6) is 0 Å². The minimum atomic E-state index is -0.284. The molecule has 0 atom stereocenters. The summed E-state index contributed by atoms with van der Waals surface area (Å²) in [5.74, 6) is 0.555.